The molecule has 0 aliphatic carbocycles. The SMILES string of the molecule is Cc1ccc(C(=O)N2CCC3(CC2)C(=O)NCCN3Cc2csc(C)n2)cn1.O=C(O)C(F)(F)F. The summed E-state index contributed by atoms with van der Waals surface area (Å²) < 4.78 is 31.7. The number of aliphatic carboxylic acids is 1. The zero-order valence-corrected chi connectivity index (χ0v) is 20.1. The highest BCUT2D eigenvalue weighted by Gasteiger charge is 2.48. The van der Waals surface area contributed by atoms with Gasteiger partial charge in [0.05, 0.1) is 16.3 Å². The van der Waals surface area contributed by atoms with Gasteiger partial charge in [0.25, 0.3) is 5.91 Å². The van der Waals surface area contributed by atoms with Gasteiger partial charge in [-0.05, 0) is 38.8 Å². The number of nitrogens with zero attached hydrogens (tertiary/aromatic N) is 4. The molecule has 2 aromatic rings. The summed E-state index contributed by atoms with van der Waals surface area (Å²) in [7, 11) is 0. The Morgan fingerprint density at radius 2 is 1.86 bits per heavy atom. The van der Waals surface area contributed by atoms with E-state index < -0.39 is 17.7 Å². The molecular formula is C22H26F3N5O4S. The van der Waals surface area contributed by atoms with Gasteiger partial charge in [0.1, 0.15) is 5.54 Å². The molecule has 4 rings (SSSR count). The first-order valence-electron chi connectivity index (χ1n) is 10.9. The van der Waals surface area contributed by atoms with Crippen molar-refractivity contribution in [3.05, 3.63) is 45.7 Å². The van der Waals surface area contributed by atoms with Crippen LogP contribution in [-0.4, -0.2) is 80.6 Å². The lowest BCUT2D eigenvalue weighted by Crippen LogP contribution is -2.67. The average molecular weight is 514 g/mol. The number of hydrogen-bond donors (Lipinski definition) is 2. The summed E-state index contributed by atoms with van der Waals surface area (Å²) in [6.45, 7) is 7.16. The van der Waals surface area contributed by atoms with E-state index in [1.807, 2.05) is 30.9 Å². The van der Waals surface area contributed by atoms with Crippen molar-refractivity contribution in [2.45, 2.75) is 44.9 Å². The number of carboxylic acids is 1. The summed E-state index contributed by atoms with van der Waals surface area (Å²) in [4.78, 5) is 47.5. The molecule has 35 heavy (non-hydrogen) atoms. The molecule has 13 heteroatoms. The maximum Gasteiger partial charge on any atom is 0.490 e. The molecule has 2 N–H and O–H groups in total. The lowest BCUT2D eigenvalue weighted by Gasteiger charge is -2.49. The van der Waals surface area contributed by atoms with Gasteiger partial charge in [-0.2, -0.15) is 13.2 Å². The smallest absolute Gasteiger partial charge is 0.475 e. The van der Waals surface area contributed by atoms with Crippen LogP contribution in [0.1, 0.15) is 39.6 Å². The number of amides is 2. The van der Waals surface area contributed by atoms with Crippen LogP contribution in [0.15, 0.2) is 23.7 Å². The monoisotopic (exact) mass is 513 g/mol. The van der Waals surface area contributed by atoms with Crippen LogP contribution < -0.4 is 5.32 Å². The summed E-state index contributed by atoms with van der Waals surface area (Å²) in [6, 6.07) is 3.67. The molecule has 2 aliphatic rings. The third kappa shape index (κ3) is 6.34. The molecule has 0 aromatic carbocycles. The molecule has 190 valence electrons. The minimum absolute atomic E-state index is 0.0137. The van der Waals surface area contributed by atoms with Gasteiger partial charge in [0.15, 0.2) is 0 Å². The van der Waals surface area contributed by atoms with E-state index in [1.165, 1.54) is 0 Å². The van der Waals surface area contributed by atoms with Crippen LogP contribution in [0.5, 0.6) is 0 Å². The van der Waals surface area contributed by atoms with E-state index >= 15 is 0 Å². The number of carboxylic acid groups (broad SMARTS) is 1. The number of likely N-dealkylation sites (tertiary alicyclic amines) is 1. The molecule has 2 aromatic heterocycles. The third-order valence-electron chi connectivity index (χ3n) is 5.99. The van der Waals surface area contributed by atoms with Crippen molar-refractivity contribution in [1.29, 1.82) is 0 Å². The predicted molar refractivity (Wildman–Crippen MR) is 121 cm³/mol. The van der Waals surface area contributed by atoms with Crippen LogP contribution in [0.3, 0.4) is 0 Å². The second-order valence-electron chi connectivity index (χ2n) is 8.35. The van der Waals surface area contributed by atoms with Crippen LogP contribution >= 0.6 is 11.3 Å². The first kappa shape index (κ1) is 26.5. The van der Waals surface area contributed by atoms with Gasteiger partial charge in [0, 0.05) is 50.0 Å². The van der Waals surface area contributed by atoms with Gasteiger partial charge in [-0.25, -0.2) is 9.78 Å². The normalized spacial score (nSPS) is 18.0. The molecule has 2 fully saturated rings. The van der Waals surface area contributed by atoms with Crippen LogP contribution in [0.2, 0.25) is 0 Å². The minimum atomic E-state index is -5.08. The van der Waals surface area contributed by atoms with Crippen molar-refractivity contribution >= 4 is 29.1 Å². The largest absolute Gasteiger partial charge is 0.490 e. The standard InChI is InChI=1S/C20H25N5O2S.C2HF3O2/c1-14-3-4-16(11-22-14)18(26)24-8-5-20(6-9-24)19(27)21-7-10-25(20)12-17-13-28-15(2)23-17;3-2(4,5)1(6)7/h3-4,11,13H,5-10,12H2,1-2H3,(H,21,27);(H,6,7). The van der Waals surface area contributed by atoms with Crippen LogP contribution in [0.4, 0.5) is 13.2 Å². The number of aromatic nitrogens is 2. The van der Waals surface area contributed by atoms with Crippen LogP contribution in [0, 0.1) is 13.8 Å². The Morgan fingerprint density at radius 1 is 1.20 bits per heavy atom. The molecule has 2 aliphatic heterocycles. The second-order valence-corrected chi connectivity index (χ2v) is 9.41. The van der Waals surface area contributed by atoms with Crippen LogP contribution in [-0.2, 0) is 16.1 Å². The van der Waals surface area contributed by atoms with E-state index in [9.17, 15) is 22.8 Å². The molecule has 4 heterocycles. The van der Waals surface area contributed by atoms with E-state index in [0.29, 0.717) is 44.6 Å². The number of hydrogen-bond acceptors (Lipinski definition) is 7. The van der Waals surface area contributed by atoms with Gasteiger partial charge >= 0.3 is 12.1 Å². The fourth-order valence-corrected chi connectivity index (χ4v) is 4.74. The lowest BCUT2D eigenvalue weighted by molar-refractivity contribution is -0.192. The Morgan fingerprint density at radius 3 is 2.37 bits per heavy atom. The van der Waals surface area contributed by atoms with Crippen LogP contribution in [0.25, 0.3) is 0 Å². The molecule has 0 unspecified atom stereocenters. The fourth-order valence-electron chi connectivity index (χ4n) is 4.13. The molecule has 0 atom stereocenters. The van der Waals surface area contributed by atoms with Gasteiger partial charge in [-0.3, -0.25) is 19.5 Å². The van der Waals surface area contributed by atoms with E-state index in [2.05, 4.69) is 25.6 Å². The van der Waals surface area contributed by atoms with E-state index in [0.717, 1.165) is 22.9 Å². The molecule has 1 spiro atoms. The number of nitrogens with one attached hydrogen (secondary N) is 1. The quantitative estimate of drug-likeness (QED) is 0.648. The van der Waals surface area contributed by atoms with Gasteiger partial charge in [-0.1, -0.05) is 0 Å². The second kappa shape index (κ2) is 10.7. The number of aryl methyl sites for hydroxylation is 2. The number of piperazine rings is 1. The highest BCUT2D eigenvalue weighted by atomic mass is 32.1. The van der Waals surface area contributed by atoms with Gasteiger partial charge in [0.2, 0.25) is 5.91 Å². The van der Waals surface area contributed by atoms with Gasteiger partial charge in [-0.15, -0.1) is 11.3 Å². The van der Waals surface area contributed by atoms with E-state index in [4.69, 9.17) is 9.90 Å². The maximum atomic E-state index is 12.9. The number of thiazole rings is 1. The van der Waals surface area contributed by atoms with Crippen molar-refractivity contribution in [2.24, 2.45) is 0 Å². The molecule has 2 amide bonds. The Labute approximate surface area is 204 Å². The summed E-state index contributed by atoms with van der Waals surface area (Å²) in [5, 5.41) is 13.3. The Bertz CT molecular complexity index is 1070. The van der Waals surface area contributed by atoms with Gasteiger partial charge < -0.3 is 15.3 Å². The first-order chi connectivity index (χ1) is 16.4. The number of pyridine rings is 1. The molecule has 9 nitrogen and oxygen atoms in total. The number of piperidine rings is 1. The number of alkyl halides is 3. The third-order valence-corrected chi connectivity index (χ3v) is 6.82. The summed E-state index contributed by atoms with van der Waals surface area (Å²) in [5.74, 6) is -2.69. The summed E-state index contributed by atoms with van der Waals surface area (Å²) in [5.41, 5.74) is 1.95. The highest BCUT2D eigenvalue weighted by molar-refractivity contribution is 7.09. The number of rotatable bonds is 3. The zero-order chi connectivity index (χ0) is 25.8. The van der Waals surface area contributed by atoms with Crippen molar-refractivity contribution in [1.82, 2.24) is 25.1 Å². The zero-order valence-electron chi connectivity index (χ0n) is 19.3. The van der Waals surface area contributed by atoms with Crippen molar-refractivity contribution in [3.63, 3.8) is 0 Å². The average Bonchev–Trinajstić information content (AvgIpc) is 3.22. The van der Waals surface area contributed by atoms with Crippen molar-refractivity contribution in [2.75, 3.05) is 26.2 Å². The lowest BCUT2D eigenvalue weighted by atomic mass is 9.82. The predicted octanol–water partition coefficient (Wildman–Crippen LogP) is 2.40. The maximum absolute atomic E-state index is 12.9. The fraction of sp³-hybridized carbons (Fsp3) is 0.500. The van der Waals surface area contributed by atoms with Crippen molar-refractivity contribution in [3.8, 4) is 0 Å². The Hall–Kier alpha value is -3.06. The summed E-state index contributed by atoms with van der Waals surface area (Å²) in [6.07, 6.45) is -2.19. The number of carbonyl (C=O) groups is 3. The minimum Gasteiger partial charge on any atom is -0.475 e. The first-order valence-corrected chi connectivity index (χ1v) is 11.8. The molecule has 0 radical (unpaired) electrons. The van der Waals surface area contributed by atoms with Crippen molar-refractivity contribution < 1.29 is 32.7 Å². The molecule has 2 saturated heterocycles. The Kier molecular flexibility index (Phi) is 8.11. The topological polar surface area (TPSA) is 116 Å². The Balaban J connectivity index is 0.000000429. The molecule has 0 saturated carbocycles. The summed E-state index contributed by atoms with van der Waals surface area (Å²) >= 11 is 1.63. The van der Waals surface area contributed by atoms with E-state index in [1.54, 1.807) is 17.5 Å². The molecule has 0 bridgehead atoms. The van der Waals surface area contributed by atoms with E-state index in [-0.39, 0.29) is 11.8 Å². The number of halogens is 3. The molecular weight excluding hydrogens is 487 g/mol. The number of carbonyl (C=O) groups excluding carboxylic acids is 2. The highest BCUT2D eigenvalue weighted by Crippen LogP contribution is 2.33.